The first kappa shape index (κ1) is 18.0. The van der Waals surface area contributed by atoms with Gasteiger partial charge in [-0.2, -0.15) is 4.31 Å². The van der Waals surface area contributed by atoms with Crippen molar-refractivity contribution in [3.63, 3.8) is 0 Å². The number of rotatable bonds is 5. The summed E-state index contributed by atoms with van der Waals surface area (Å²) in [5.74, 6) is 0.188. The van der Waals surface area contributed by atoms with Crippen LogP contribution in [0.25, 0.3) is 17.0 Å². The first-order valence-corrected chi connectivity index (χ1v) is 9.72. The summed E-state index contributed by atoms with van der Waals surface area (Å²) >= 11 is 0. The third-order valence-corrected chi connectivity index (χ3v) is 5.26. The Hall–Kier alpha value is -2.78. The third kappa shape index (κ3) is 3.73. The number of imidazole rings is 1. The number of nitrogens with zero attached hydrogens (tertiary/aromatic N) is 4. The zero-order valence-electron chi connectivity index (χ0n) is 14.7. The van der Waals surface area contributed by atoms with Crippen LogP contribution in [0.4, 0.5) is 5.69 Å². The number of carbonyl (C=O) groups is 1. The first-order valence-electron chi connectivity index (χ1n) is 7.87. The Morgan fingerprint density at radius 2 is 2.08 bits per heavy atom. The van der Waals surface area contributed by atoms with Gasteiger partial charge in [0.1, 0.15) is 0 Å². The lowest BCUT2D eigenvalue weighted by Gasteiger charge is -2.14. The zero-order chi connectivity index (χ0) is 18.9. The fourth-order valence-electron chi connectivity index (χ4n) is 2.54. The maximum atomic E-state index is 12.1. The number of likely N-dealkylation sites (N-methyl/N-ethyl adjacent to an activating group) is 1. The van der Waals surface area contributed by atoms with E-state index < -0.39 is 15.9 Å². The van der Waals surface area contributed by atoms with Gasteiger partial charge in [0.15, 0.2) is 0 Å². The molecular formula is C17H19N5O3S. The second-order valence-electron chi connectivity index (χ2n) is 5.98. The van der Waals surface area contributed by atoms with Gasteiger partial charge in [-0.25, -0.2) is 18.4 Å². The minimum atomic E-state index is -3.41. The third-order valence-electron chi connectivity index (χ3n) is 3.99. The number of sulfonamides is 1. The molecule has 0 fully saturated rings. The number of nitrogens with one attached hydrogen (secondary N) is 1. The second kappa shape index (κ2) is 6.85. The van der Waals surface area contributed by atoms with E-state index in [4.69, 9.17) is 0 Å². The van der Waals surface area contributed by atoms with Crippen molar-refractivity contribution in [2.75, 3.05) is 25.2 Å². The molecule has 0 aliphatic rings. The van der Waals surface area contributed by atoms with Crippen LogP contribution in [-0.2, 0) is 14.8 Å². The highest BCUT2D eigenvalue weighted by atomic mass is 32.2. The minimum absolute atomic E-state index is 0.250. The smallest absolute Gasteiger partial charge is 0.239 e. The van der Waals surface area contributed by atoms with Crippen LogP contribution < -0.4 is 5.32 Å². The molecule has 8 nitrogen and oxygen atoms in total. The van der Waals surface area contributed by atoms with Crippen molar-refractivity contribution >= 4 is 27.4 Å². The Bertz CT molecular complexity index is 1070. The summed E-state index contributed by atoms with van der Waals surface area (Å²) in [7, 11) is -2.05. The van der Waals surface area contributed by atoms with Crippen LogP contribution in [-0.4, -0.2) is 52.8 Å². The van der Waals surface area contributed by atoms with Gasteiger partial charge in [-0.1, -0.05) is 12.1 Å². The Morgan fingerprint density at radius 1 is 1.31 bits per heavy atom. The fourth-order valence-corrected chi connectivity index (χ4v) is 2.89. The molecule has 0 aliphatic heterocycles. The molecule has 0 aliphatic carbocycles. The minimum Gasteiger partial charge on any atom is -0.325 e. The van der Waals surface area contributed by atoms with Crippen LogP contribution in [0.2, 0.25) is 0 Å². The number of aryl methyl sites for hydroxylation is 1. The monoisotopic (exact) mass is 373 g/mol. The van der Waals surface area contributed by atoms with Crippen molar-refractivity contribution in [3.05, 3.63) is 48.4 Å². The molecule has 0 radical (unpaired) electrons. The molecule has 9 heteroatoms. The normalized spacial score (nSPS) is 11.8. The van der Waals surface area contributed by atoms with Gasteiger partial charge in [-0.05, 0) is 25.1 Å². The summed E-state index contributed by atoms with van der Waals surface area (Å²) in [6.45, 7) is 1.70. The molecule has 0 saturated carbocycles. The molecule has 26 heavy (non-hydrogen) atoms. The van der Waals surface area contributed by atoms with Crippen LogP contribution in [0.3, 0.4) is 0 Å². The van der Waals surface area contributed by atoms with Crippen LogP contribution in [0.1, 0.15) is 5.69 Å². The molecule has 1 aromatic carbocycles. The van der Waals surface area contributed by atoms with Gasteiger partial charge < -0.3 is 5.32 Å². The Labute approximate surface area is 151 Å². The van der Waals surface area contributed by atoms with Crippen molar-refractivity contribution in [3.8, 4) is 11.3 Å². The van der Waals surface area contributed by atoms with E-state index in [1.165, 1.54) is 7.05 Å². The number of hydrogen-bond acceptors (Lipinski definition) is 5. The fraction of sp³-hybridized carbons (Fsp3) is 0.235. The van der Waals surface area contributed by atoms with Gasteiger partial charge >= 0.3 is 0 Å². The Morgan fingerprint density at radius 3 is 2.77 bits per heavy atom. The number of hydrogen-bond donors (Lipinski definition) is 1. The lowest BCUT2D eigenvalue weighted by atomic mass is 10.1. The van der Waals surface area contributed by atoms with Crippen LogP contribution in [0, 0.1) is 6.92 Å². The van der Waals surface area contributed by atoms with Gasteiger partial charge in [-0.3, -0.25) is 9.20 Å². The van der Waals surface area contributed by atoms with E-state index >= 15 is 0 Å². The average Bonchev–Trinajstić information content (AvgIpc) is 2.91. The molecule has 3 rings (SSSR count). The van der Waals surface area contributed by atoms with Crippen molar-refractivity contribution < 1.29 is 13.2 Å². The predicted molar refractivity (Wildman–Crippen MR) is 99.3 cm³/mol. The van der Waals surface area contributed by atoms with E-state index in [-0.39, 0.29) is 6.54 Å². The van der Waals surface area contributed by atoms with Crippen LogP contribution >= 0.6 is 0 Å². The zero-order valence-corrected chi connectivity index (χ0v) is 15.5. The summed E-state index contributed by atoms with van der Waals surface area (Å²) in [6, 6.07) is 9.08. The largest absolute Gasteiger partial charge is 0.325 e. The molecule has 0 bridgehead atoms. The summed E-state index contributed by atoms with van der Waals surface area (Å²) in [6.07, 6.45) is 4.63. The topological polar surface area (TPSA) is 96.7 Å². The molecule has 136 valence electrons. The molecule has 1 amide bonds. The van der Waals surface area contributed by atoms with Crippen molar-refractivity contribution in [1.82, 2.24) is 18.7 Å². The standard InChI is InChI=1S/C17H19N5O3S/c1-12-16(20-17-18-8-5-9-22(12)17)13-6-4-7-14(10-13)19-15(23)11-21(2)26(3,24)25/h4-10H,11H2,1-3H3,(H,19,23). The predicted octanol–water partition coefficient (Wildman–Crippen LogP) is 1.53. The number of carbonyl (C=O) groups excluding carboxylic acids is 1. The quantitative estimate of drug-likeness (QED) is 0.732. The first-order chi connectivity index (χ1) is 12.3. The molecule has 0 spiro atoms. The molecule has 0 saturated heterocycles. The lowest BCUT2D eigenvalue weighted by molar-refractivity contribution is -0.116. The highest BCUT2D eigenvalue weighted by Crippen LogP contribution is 2.25. The summed E-state index contributed by atoms with van der Waals surface area (Å²) < 4.78 is 25.7. The van der Waals surface area contributed by atoms with Crippen molar-refractivity contribution in [1.29, 1.82) is 0 Å². The van der Waals surface area contributed by atoms with Gasteiger partial charge in [0.05, 0.1) is 18.5 Å². The highest BCUT2D eigenvalue weighted by Gasteiger charge is 2.16. The Kier molecular flexibility index (Phi) is 4.75. The maximum Gasteiger partial charge on any atom is 0.239 e. The summed E-state index contributed by atoms with van der Waals surface area (Å²) in [5.41, 5.74) is 3.11. The second-order valence-corrected chi connectivity index (χ2v) is 8.07. The van der Waals surface area contributed by atoms with Gasteiger partial charge in [0.2, 0.25) is 21.7 Å². The average molecular weight is 373 g/mol. The van der Waals surface area contributed by atoms with E-state index in [0.717, 1.165) is 27.5 Å². The number of fused-ring (bicyclic) bond motifs is 1. The molecule has 1 N–H and O–H groups in total. The highest BCUT2D eigenvalue weighted by molar-refractivity contribution is 7.88. The number of benzene rings is 1. The number of aromatic nitrogens is 3. The molecule has 2 heterocycles. The van der Waals surface area contributed by atoms with E-state index in [2.05, 4.69) is 15.3 Å². The molecule has 3 aromatic rings. The van der Waals surface area contributed by atoms with Crippen LogP contribution in [0.5, 0.6) is 0 Å². The number of anilines is 1. The van der Waals surface area contributed by atoms with E-state index in [0.29, 0.717) is 11.5 Å². The SMILES string of the molecule is Cc1c(-c2cccc(NC(=O)CN(C)S(C)(=O)=O)c2)nc2ncccn12. The van der Waals surface area contributed by atoms with Gasteiger partial charge in [0.25, 0.3) is 0 Å². The lowest BCUT2D eigenvalue weighted by Crippen LogP contribution is -2.34. The van der Waals surface area contributed by atoms with Gasteiger partial charge in [0, 0.05) is 36.4 Å². The summed E-state index contributed by atoms with van der Waals surface area (Å²) in [4.78, 5) is 20.8. The summed E-state index contributed by atoms with van der Waals surface area (Å²) in [5, 5.41) is 2.71. The van der Waals surface area contributed by atoms with Crippen LogP contribution in [0.15, 0.2) is 42.7 Å². The molecule has 0 unspecified atom stereocenters. The maximum absolute atomic E-state index is 12.1. The molecular weight excluding hydrogens is 354 g/mol. The van der Waals surface area contributed by atoms with Gasteiger partial charge in [-0.15, -0.1) is 0 Å². The van der Waals surface area contributed by atoms with E-state index in [1.807, 2.05) is 35.7 Å². The van der Waals surface area contributed by atoms with Crippen molar-refractivity contribution in [2.24, 2.45) is 0 Å². The number of amides is 1. The Balaban J connectivity index is 1.84. The molecule has 2 aromatic heterocycles. The van der Waals surface area contributed by atoms with E-state index in [1.54, 1.807) is 18.3 Å². The molecule has 0 atom stereocenters. The van der Waals surface area contributed by atoms with E-state index in [9.17, 15) is 13.2 Å². The van der Waals surface area contributed by atoms with Crippen molar-refractivity contribution in [2.45, 2.75) is 6.92 Å².